The molecule has 0 bridgehead atoms. The number of ether oxygens (including phenoxy) is 1. The van der Waals surface area contributed by atoms with Gasteiger partial charge in [0, 0.05) is 25.8 Å². The van der Waals surface area contributed by atoms with Crippen molar-refractivity contribution in [2.24, 2.45) is 5.92 Å². The van der Waals surface area contributed by atoms with Crippen LogP contribution in [0.5, 0.6) is 0 Å². The molecule has 10 heteroatoms. The lowest BCUT2D eigenvalue weighted by Crippen LogP contribution is -2.41. The number of rotatable bonds is 7. The van der Waals surface area contributed by atoms with Gasteiger partial charge < -0.3 is 15.0 Å². The van der Waals surface area contributed by atoms with Crippen LogP contribution in [-0.2, 0) is 22.7 Å². The second-order valence-electron chi connectivity index (χ2n) is 9.02. The van der Waals surface area contributed by atoms with Crippen LogP contribution in [0.15, 0.2) is 54.7 Å². The smallest absolute Gasteiger partial charge is 0.229 e. The lowest BCUT2D eigenvalue weighted by atomic mass is 9.97. The van der Waals surface area contributed by atoms with Gasteiger partial charge in [-0.3, -0.25) is 14.3 Å². The highest BCUT2D eigenvalue weighted by molar-refractivity contribution is 7.71. The van der Waals surface area contributed by atoms with Crippen molar-refractivity contribution in [2.75, 3.05) is 49.6 Å². The van der Waals surface area contributed by atoms with Crippen LogP contribution in [0.3, 0.4) is 0 Å². The Kier molecular flexibility index (Phi) is 7.51. The number of amides is 1. The largest absolute Gasteiger partial charge is 0.378 e. The topological polar surface area (TPSA) is 80.5 Å². The minimum Gasteiger partial charge on any atom is -0.378 e. The Labute approximate surface area is 210 Å². The third-order valence-corrected chi connectivity index (χ3v) is 6.94. The molecule has 1 aromatic carbocycles. The summed E-state index contributed by atoms with van der Waals surface area (Å²) < 4.78 is 10.3. The third-order valence-electron chi connectivity index (χ3n) is 6.51. The summed E-state index contributed by atoms with van der Waals surface area (Å²) >= 11 is 5.91. The lowest BCUT2D eigenvalue weighted by Gasteiger charge is -2.31. The number of pyridine rings is 1. The van der Waals surface area contributed by atoms with E-state index in [0.29, 0.717) is 43.6 Å². The summed E-state index contributed by atoms with van der Waals surface area (Å²) in [6.07, 6.45) is 3.50. The normalized spacial score (nSPS) is 19.0. The van der Waals surface area contributed by atoms with Gasteiger partial charge in [0.2, 0.25) is 16.6 Å². The molecule has 1 atom stereocenters. The number of carbonyl (C=O) groups is 1. The molecule has 4 heterocycles. The number of morpholine rings is 1. The van der Waals surface area contributed by atoms with E-state index in [2.05, 4.69) is 36.8 Å². The summed E-state index contributed by atoms with van der Waals surface area (Å²) in [5.41, 5.74) is 1.18. The molecule has 0 aliphatic carbocycles. The Hall–Kier alpha value is -3.08. The van der Waals surface area contributed by atoms with Crippen molar-refractivity contribution in [3.05, 3.63) is 65.1 Å². The Morgan fingerprint density at radius 2 is 1.89 bits per heavy atom. The van der Waals surface area contributed by atoms with Crippen molar-refractivity contribution in [1.82, 2.24) is 24.2 Å². The summed E-state index contributed by atoms with van der Waals surface area (Å²) in [6, 6.07) is 15.8. The molecule has 2 aliphatic heterocycles. The van der Waals surface area contributed by atoms with Crippen molar-refractivity contribution in [2.45, 2.75) is 26.1 Å². The molecule has 1 N–H and O–H groups in total. The lowest BCUT2D eigenvalue weighted by molar-refractivity contribution is -0.121. The number of piperidine rings is 1. The van der Waals surface area contributed by atoms with Crippen molar-refractivity contribution in [1.29, 1.82) is 0 Å². The van der Waals surface area contributed by atoms with Gasteiger partial charge in [-0.15, -0.1) is 5.10 Å². The standard InChI is InChI=1S/C25H31N7O2S/c33-23(27-22-10-4-5-11-26-22)21-9-6-12-29(18-21)19-32-25(35)31(17-20-7-2-1-3-8-20)24(28-32)30-13-15-34-16-14-30/h1-5,7-8,10-11,21H,6,9,12-19H2,(H,26,27,33)/t21-/m1/s1. The Morgan fingerprint density at radius 1 is 1.09 bits per heavy atom. The number of nitrogens with one attached hydrogen (secondary N) is 1. The zero-order chi connectivity index (χ0) is 24.0. The Balaban J connectivity index is 1.32. The SMILES string of the molecule is O=C(Nc1ccccn1)[C@@H]1CCCN(Cn2nc(N3CCOCC3)n(Cc3ccccc3)c2=S)C1. The van der Waals surface area contributed by atoms with Gasteiger partial charge in [-0.25, -0.2) is 9.67 Å². The number of hydrogen-bond acceptors (Lipinski definition) is 7. The van der Waals surface area contributed by atoms with Crippen molar-refractivity contribution in [3.63, 3.8) is 0 Å². The first-order chi connectivity index (χ1) is 17.2. The maximum Gasteiger partial charge on any atom is 0.229 e. The molecular weight excluding hydrogens is 462 g/mol. The molecule has 35 heavy (non-hydrogen) atoms. The molecule has 184 valence electrons. The highest BCUT2D eigenvalue weighted by Gasteiger charge is 2.27. The highest BCUT2D eigenvalue weighted by atomic mass is 32.1. The van der Waals surface area contributed by atoms with E-state index in [1.807, 2.05) is 41.1 Å². The molecule has 2 fully saturated rings. The first-order valence-corrected chi connectivity index (χ1v) is 12.6. The van der Waals surface area contributed by atoms with Crippen LogP contribution in [0.4, 0.5) is 11.8 Å². The third kappa shape index (κ3) is 5.77. The number of anilines is 2. The fourth-order valence-electron chi connectivity index (χ4n) is 4.68. The zero-order valence-electron chi connectivity index (χ0n) is 19.8. The number of likely N-dealkylation sites (tertiary alicyclic amines) is 1. The van der Waals surface area contributed by atoms with E-state index in [1.165, 1.54) is 5.56 Å². The van der Waals surface area contributed by atoms with E-state index in [0.717, 1.165) is 38.4 Å². The van der Waals surface area contributed by atoms with E-state index < -0.39 is 0 Å². The molecule has 2 aliphatic rings. The first kappa shape index (κ1) is 23.7. The van der Waals surface area contributed by atoms with Gasteiger partial charge in [0.05, 0.1) is 32.3 Å². The molecule has 9 nitrogen and oxygen atoms in total. The maximum absolute atomic E-state index is 12.9. The summed E-state index contributed by atoms with van der Waals surface area (Å²) in [5.74, 6) is 1.39. The van der Waals surface area contributed by atoms with Crippen LogP contribution in [0.2, 0.25) is 0 Å². The van der Waals surface area contributed by atoms with Crippen molar-refractivity contribution < 1.29 is 9.53 Å². The first-order valence-electron chi connectivity index (χ1n) is 12.2. The van der Waals surface area contributed by atoms with Gasteiger partial charge in [-0.1, -0.05) is 36.4 Å². The number of carbonyl (C=O) groups excluding carboxylic acids is 1. The monoisotopic (exact) mass is 493 g/mol. The van der Waals surface area contributed by atoms with Gasteiger partial charge in [0.15, 0.2) is 0 Å². The fraction of sp³-hybridized carbons (Fsp3) is 0.440. The Morgan fingerprint density at radius 3 is 2.66 bits per heavy atom. The molecule has 5 rings (SSSR count). The molecule has 0 saturated carbocycles. The summed E-state index contributed by atoms with van der Waals surface area (Å²) in [4.78, 5) is 21.6. The van der Waals surface area contributed by atoms with Gasteiger partial charge in [-0.05, 0) is 49.3 Å². The average Bonchev–Trinajstić information content (AvgIpc) is 3.20. The van der Waals surface area contributed by atoms with E-state index in [-0.39, 0.29) is 11.8 Å². The van der Waals surface area contributed by atoms with Gasteiger partial charge in [0.1, 0.15) is 5.82 Å². The summed E-state index contributed by atoms with van der Waals surface area (Å²) in [5, 5.41) is 7.90. The molecule has 0 unspecified atom stereocenters. The molecule has 2 aromatic heterocycles. The molecule has 2 saturated heterocycles. The number of nitrogens with zero attached hydrogens (tertiary/aromatic N) is 6. The van der Waals surface area contributed by atoms with E-state index in [4.69, 9.17) is 22.1 Å². The second kappa shape index (κ2) is 11.1. The predicted molar refractivity (Wildman–Crippen MR) is 137 cm³/mol. The summed E-state index contributed by atoms with van der Waals surface area (Å²) in [6.45, 7) is 5.76. The van der Waals surface area contributed by atoms with Crippen LogP contribution in [0.1, 0.15) is 18.4 Å². The minimum atomic E-state index is -0.0926. The summed E-state index contributed by atoms with van der Waals surface area (Å²) in [7, 11) is 0. The number of benzene rings is 1. The van der Waals surface area contributed by atoms with Crippen molar-refractivity contribution in [3.8, 4) is 0 Å². The molecule has 1 amide bonds. The van der Waals surface area contributed by atoms with Gasteiger partial charge >= 0.3 is 0 Å². The Bertz CT molecular complexity index is 1180. The zero-order valence-corrected chi connectivity index (χ0v) is 20.6. The van der Waals surface area contributed by atoms with Crippen LogP contribution in [0.25, 0.3) is 0 Å². The van der Waals surface area contributed by atoms with E-state index >= 15 is 0 Å². The molecule has 3 aromatic rings. The highest BCUT2D eigenvalue weighted by Crippen LogP contribution is 2.21. The fourth-order valence-corrected chi connectivity index (χ4v) is 4.92. The van der Waals surface area contributed by atoms with Crippen LogP contribution < -0.4 is 10.2 Å². The quantitative estimate of drug-likeness (QED) is 0.507. The van der Waals surface area contributed by atoms with Crippen LogP contribution in [0, 0.1) is 10.7 Å². The molecular formula is C25H31N7O2S. The van der Waals surface area contributed by atoms with Gasteiger partial charge in [0.25, 0.3) is 0 Å². The van der Waals surface area contributed by atoms with E-state index in [9.17, 15) is 4.79 Å². The second-order valence-corrected chi connectivity index (χ2v) is 9.38. The van der Waals surface area contributed by atoms with Crippen molar-refractivity contribution >= 4 is 29.9 Å². The van der Waals surface area contributed by atoms with Crippen LogP contribution >= 0.6 is 12.2 Å². The van der Waals surface area contributed by atoms with E-state index in [1.54, 1.807) is 6.20 Å². The maximum atomic E-state index is 12.9. The molecule has 0 spiro atoms. The van der Waals surface area contributed by atoms with Crippen LogP contribution in [-0.4, -0.2) is 69.5 Å². The van der Waals surface area contributed by atoms with Gasteiger partial charge in [-0.2, -0.15) is 0 Å². The predicted octanol–water partition coefficient (Wildman–Crippen LogP) is 3.00. The average molecular weight is 494 g/mol. The number of hydrogen-bond donors (Lipinski definition) is 1. The minimum absolute atomic E-state index is 0.0145. The molecule has 0 radical (unpaired) electrons. The number of aromatic nitrogens is 4.